The highest BCUT2D eigenvalue weighted by molar-refractivity contribution is 9.10. The van der Waals surface area contributed by atoms with Crippen molar-refractivity contribution in [1.82, 2.24) is 10.9 Å². The van der Waals surface area contributed by atoms with Gasteiger partial charge in [0.25, 0.3) is 11.8 Å². The van der Waals surface area contributed by atoms with Gasteiger partial charge in [0.05, 0.1) is 5.56 Å². The Balaban J connectivity index is 2.00. The van der Waals surface area contributed by atoms with Gasteiger partial charge in [0.15, 0.2) is 0 Å². The van der Waals surface area contributed by atoms with Gasteiger partial charge in [0.2, 0.25) is 0 Å². The molecule has 132 valence electrons. The number of anilines is 1. The first-order chi connectivity index (χ1) is 12.0. The molecule has 0 radical (unpaired) electrons. The molecule has 0 saturated carbocycles. The van der Waals surface area contributed by atoms with E-state index in [1.165, 1.54) is 18.2 Å². The summed E-state index contributed by atoms with van der Waals surface area (Å²) in [6.45, 7) is 5.86. The molecule has 5 nitrogen and oxygen atoms in total. The van der Waals surface area contributed by atoms with E-state index in [4.69, 9.17) is 0 Å². The van der Waals surface area contributed by atoms with Crippen LogP contribution in [0, 0.1) is 5.82 Å². The molecule has 0 bridgehead atoms. The zero-order valence-corrected chi connectivity index (χ0v) is 15.6. The Morgan fingerprint density at radius 2 is 1.60 bits per heavy atom. The van der Waals surface area contributed by atoms with Crippen LogP contribution in [0.25, 0.3) is 0 Å². The molecule has 0 heterocycles. The zero-order chi connectivity index (χ0) is 18.4. The first-order valence-corrected chi connectivity index (χ1v) is 8.66. The molecule has 0 aliphatic heterocycles. The van der Waals surface area contributed by atoms with Crippen LogP contribution in [0.3, 0.4) is 0 Å². The molecule has 0 atom stereocenters. The van der Waals surface area contributed by atoms with E-state index in [-0.39, 0.29) is 5.56 Å². The third kappa shape index (κ3) is 4.79. The van der Waals surface area contributed by atoms with Crippen molar-refractivity contribution in [1.29, 1.82) is 0 Å². The fourth-order valence-corrected chi connectivity index (χ4v) is 2.70. The van der Waals surface area contributed by atoms with Crippen molar-refractivity contribution >= 4 is 33.4 Å². The maximum absolute atomic E-state index is 13.7. The minimum absolute atomic E-state index is 0.161. The first kappa shape index (κ1) is 18.9. The number of hydrogen-bond acceptors (Lipinski definition) is 3. The van der Waals surface area contributed by atoms with Gasteiger partial charge in [-0.05, 0) is 56.3 Å². The summed E-state index contributed by atoms with van der Waals surface area (Å²) in [5.74, 6) is -1.87. The lowest BCUT2D eigenvalue weighted by atomic mass is 10.2. The van der Waals surface area contributed by atoms with Gasteiger partial charge in [0, 0.05) is 28.8 Å². The fraction of sp³-hybridized carbons (Fsp3) is 0.222. The maximum atomic E-state index is 13.7. The third-order valence-corrected chi connectivity index (χ3v) is 4.21. The van der Waals surface area contributed by atoms with E-state index in [9.17, 15) is 14.0 Å². The first-order valence-electron chi connectivity index (χ1n) is 7.87. The summed E-state index contributed by atoms with van der Waals surface area (Å²) in [4.78, 5) is 26.2. The molecular weight excluding hydrogens is 389 g/mol. The number of nitrogens with one attached hydrogen (secondary N) is 2. The second kappa shape index (κ2) is 8.62. The molecule has 0 aromatic heterocycles. The molecule has 2 N–H and O–H groups in total. The van der Waals surface area contributed by atoms with Crippen LogP contribution in [-0.2, 0) is 0 Å². The Morgan fingerprint density at radius 3 is 2.20 bits per heavy atom. The van der Waals surface area contributed by atoms with Gasteiger partial charge >= 0.3 is 0 Å². The van der Waals surface area contributed by atoms with Crippen LogP contribution >= 0.6 is 15.9 Å². The Hall–Kier alpha value is -2.41. The molecule has 7 heteroatoms. The maximum Gasteiger partial charge on any atom is 0.272 e. The van der Waals surface area contributed by atoms with Gasteiger partial charge in [-0.3, -0.25) is 20.4 Å². The van der Waals surface area contributed by atoms with Gasteiger partial charge in [-0.25, -0.2) is 4.39 Å². The van der Waals surface area contributed by atoms with Crippen LogP contribution in [0.2, 0.25) is 0 Å². The Labute approximate surface area is 154 Å². The van der Waals surface area contributed by atoms with E-state index in [0.717, 1.165) is 18.8 Å². The fourth-order valence-electron chi connectivity index (χ4n) is 2.34. The number of nitrogens with zero attached hydrogens (tertiary/aromatic N) is 1. The lowest BCUT2D eigenvalue weighted by Gasteiger charge is -2.21. The minimum atomic E-state index is -0.730. The average molecular weight is 408 g/mol. The van der Waals surface area contributed by atoms with Crippen LogP contribution in [0.5, 0.6) is 0 Å². The van der Waals surface area contributed by atoms with E-state index < -0.39 is 17.6 Å². The Bertz CT molecular complexity index is 761. The lowest BCUT2D eigenvalue weighted by molar-refractivity contribution is 0.0844. The highest BCUT2D eigenvalue weighted by Gasteiger charge is 2.14. The SMILES string of the molecule is CCN(CC)c1ccc(C(=O)NNC(=O)c2cc(Br)ccc2F)cc1. The summed E-state index contributed by atoms with van der Waals surface area (Å²) in [7, 11) is 0. The predicted octanol–water partition coefficient (Wildman–Crippen LogP) is 3.51. The molecule has 25 heavy (non-hydrogen) atoms. The van der Waals surface area contributed by atoms with Gasteiger partial charge in [0.1, 0.15) is 5.82 Å². The van der Waals surface area contributed by atoms with Crippen molar-refractivity contribution in [2.75, 3.05) is 18.0 Å². The largest absolute Gasteiger partial charge is 0.372 e. The van der Waals surface area contributed by atoms with Gasteiger partial charge in [-0.2, -0.15) is 0 Å². The highest BCUT2D eigenvalue weighted by atomic mass is 79.9. The molecule has 2 amide bonds. The quantitative estimate of drug-likeness (QED) is 0.745. The summed E-state index contributed by atoms with van der Waals surface area (Å²) in [5, 5.41) is 0. The van der Waals surface area contributed by atoms with Crippen LogP contribution in [0.15, 0.2) is 46.9 Å². The summed E-state index contributed by atoms with van der Waals surface area (Å²) >= 11 is 3.17. The standard InChI is InChI=1S/C18H19BrFN3O2/c1-3-23(4-2)14-8-5-12(6-9-14)17(24)21-22-18(25)15-11-13(19)7-10-16(15)20/h5-11H,3-4H2,1-2H3,(H,21,24)(H,22,25). The molecule has 0 fully saturated rings. The number of amides is 2. The highest BCUT2D eigenvalue weighted by Crippen LogP contribution is 2.16. The van der Waals surface area contributed by atoms with Crippen molar-refractivity contribution in [3.63, 3.8) is 0 Å². The molecule has 0 aliphatic rings. The molecule has 0 unspecified atom stereocenters. The Kier molecular flexibility index (Phi) is 6.52. The van der Waals surface area contributed by atoms with Gasteiger partial charge < -0.3 is 4.90 Å². The monoisotopic (exact) mass is 407 g/mol. The van der Waals surface area contributed by atoms with Crippen molar-refractivity contribution in [2.45, 2.75) is 13.8 Å². The number of carbonyl (C=O) groups is 2. The van der Waals surface area contributed by atoms with E-state index >= 15 is 0 Å². The summed E-state index contributed by atoms with van der Waals surface area (Å²) in [6.07, 6.45) is 0. The topological polar surface area (TPSA) is 61.4 Å². The predicted molar refractivity (Wildman–Crippen MR) is 99.0 cm³/mol. The van der Waals surface area contributed by atoms with Crippen molar-refractivity contribution < 1.29 is 14.0 Å². The molecular formula is C18H19BrFN3O2. The van der Waals surface area contributed by atoms with E-state index in [1.54, 1.807) is 12.1 Å². The average Bonchev–Trinajstić information content (AvgIpc) is 2.63. The lowest BCUT2D eigenvalue weighted by Crippen LogP contribution is -2.42. The summed E-state index contributed by atoms with van der Waals surface area (Å²) < 4.78 is 14.2. The van der Waals surface area contributed by atoms with E-state index in [2.05, 4.69) is 45.5 Å². The Morgan fingerprint density at radius 1 is 1.00 bits per heavy atom. The summed E-state index contributed by atoms with van der Waals surface area (Å²) in [5.41, 5.74) is 5.75. The van der Waals surface area contributed by atoms with E-state index in [0.29, 0.717) is 10.0 Å². The minimum Gasteiger partial charge on any atom is -0.372 e. The van der Waals surface area contributed by atoms with E-state index in [1.807, 2.05) is 12.1 Å². The number of hydrogen-bond donors (Lipinski definition) is 2. The smallest absolute Gasteiger partial charge is 0.272 e. The second-order valence-electron chi connectivity index (χ2n) is 5.25. The number of halogens is 2. The van der Waals surface area contributed by atoms with Crippen LogP contribution in [0.1, 0.15) is 34.6 Å². The van der Waals surface area contributed by atoms with Crippen molar-refractivity contribution in [3.8, 4) is 0 Å². The molecule has 2 aromatic carbocycles. The molecule has 2 rings (SSSR count). The number of rotatable bonds is 5. The number of hydrazine groups is 1. The molecule has 0 aliphatic carbocycles. The van der Waals surface area contributed by atoms with Crippen molar-refractivity contribution in [3.05, 3.63) is 63.9 Å². The summed E-state index contributed by atoms with van der Waals surface area (Å²) in [6, 6.07) is 11.0. The van der Waals surface area contributed by atoms with Crippen molar-refractivity contribution in [2.24, 2.45) is 0 Å². The second-order valence-corrected chi connectivity index (χ2v) is 6.17. The molecule has 0 spiro atoms. The zero-order valence-electron chi connectivity index (χ0n) is 14.0. The van der Waals surface area contributed by atoms with Gasteiger partial charge in [-0.15, -0.1) is 0 Å². The number of benzene rings is 2. The van der Waals surface area contributed by atoms with Crippen LogP contribution in [0.4, 0.5) is 10.1 Å². The van der Waals surface area contributed by atoms with Crippen LogP contribution in [-0.4, -0.2) is 24.9 Å². The molecule has 0 saturated heterocycles. The van der Waals surface area contributed by atoms with Crippen LogP contribution < -0.4 is 15.8 Å². The molecule has 2 aromatic rings. The van der Waals surface area contributed by atoms with Gasteiger partial charge in [-0.1, -0.05) is 15.9 Å². The normalized spacial score (nSPS) is 10.2. The third-order valence-electron chi connectivity index (χ3n) is 3.72. The number of carbonyl (C=O) groups excluding carboxylic acids is 2.